The van der Waals surface area contributed by atoms with Gasteiger partial charge in [-0.1, -0.05) is 19.1 Å². The maximum atomic E-state index is 12.8. The first-order valence-electron chi connectivity index (χ1n) is 11.9. The normalized spacial score (nSPS) is 35.2. The molecule has 4 aliphatic rings. The van der Waals surface area contributed by atoms with Crippen molar-refractivity contribution >= 4 is 17.3 Å². The van der Waals surface area contributed by atoms with Gasteiger partial charge in [0.2, 0.25) is 0 Å². The number of allylic oxidation sites excluding steroid dienone is 1. The number of esters is 1. The van der Waals surface area contributed by atoms with Crippen LogP contribution in [-0.2, 0) is 9.53 Å². The fraction of sp³-hybridized carbons (Fsp3) is 0.640. The van der Waals surface area contributed by atoms with Crippen molar-refractivity contribution in [1.82, 2.24) is 4.90 Å². The summed E-state index contributed by atoms with van der Waals surface area (Å²) in [4.78, 5) is 28.0. The molecular weight excluding hydrogens is 406 g/mol. The predicted molar refractivity (Wildman–Crippen MR) is 122 cm³/mol. The molecule has 1 aromatic rings. The number of anilines is 1. The average Bonchev–Trinajstić information content (AvgIpc) is 3.06. The molecule has 4 fully saturated rings. The average molecular weight is 440 g/mol. The lowest BCUT2D eigenvalue weighted by Gasteiger charge is -2.50. The van der Waals surface area contributed by atoms with E-state index in [2.05, 4.69) is 23.3 Å². The Morgan fingerprint density at radius 3 is 2.62 bits per heavy atom. The molecule has 5 rings (SSSR count). The summed E-state index contributed by atoms with van der Waals surface area (Å²) in [6, 6.07) is 6.77. The molecule has 5 atom stereocenters. The van der Waals surface area contributed by atoms with Crippen molar-refractivity contribution in [2.24, 2.45) is 23.2 Å². The molecule has 0 aromatic heterocycles. The molecule has 2 saturated carbocycles. The summed E-state index contributed by atoms with van der Waals surface area (Å²) in [5, 5.41) is 10.9. The third-order valence-electron chi connectivity index (χ3n) is 8.57. The van der Waals surface area contributed by atoms with Gasteiger partial charge < -0.3 is 9.64 Å². The molecule has 32 heavy (non-hydrogen) atoms. The molecular formula is C25H33N3O4. The van der Waals surface area contributed by atoms with Gasteiger partial charge in [0.15, 0.2) is 0 Å². The molecule has 1 aromatic carbocycles. The molecule has 0 amide bonds. The van der Waals surface area contributed by atoms with E-state index in [1.54, 1.807) is 12.1 Å². The molecule has 7 heteroatoms. The number of fused-ring (bicyclic) bond motifs is 2. The zero-order valence-electron chi connectivity index (χ0n) is 18.9. The van der Waals surface area contributed by atoms with Crippen molar-refractivity contribution in [2.75, 3.05) is 37.6 Å². The number of hydrogen-bond acceptors (Lipinski definition) is 6. The van der Waals surface area contributed by atoms with Gasteiger partial charge in [-0.15, -0.1) is 0 Å². The highest BCUT2D eigenvalue weighted by atomic mass is 16.6. The molecule has 2 aliphatic heterocycles. The number of nitrogens with zero attached hydrogens (tertiary/aromatic N) is 3. The van der Waals surface area contributed by atoms with E-state index >= 15 is 0 Å². The van der Waals surface area contributed by atoms with Gasteiger partial charge in [0.1, 0.15) is 6.10 Å². The molecule has 0 bridgehead atoms. The Labute approximate surface area is 189 Å². The molecule has 0 radical (unpaired) electrons. The molecule has 2 aliphatic carbocycles. The lowest BCUT2D eigenvalue weighted by Crippen LogP contribution is -2.50. The zero-order valence-corrected chi connectivity index (χ0v) is 18.9. The summed E-state index contributed by atoms with van der Waals surface area (Å²) in [5.74, 6) is 0.785. The third kappa shape index (κ3) is 3.81. The van der Waals surface area contributed by atoms with Crippen molar-refractivity contribution in [3.8, 4) is 0 Å². The Kier molecular flexibility index (Phi) is 5.48. The van der Waals surface area contributed by atoms with Crippen molar-refractivity contribution in [3.63, 3.8) is 0 Å². The topological polar surface area (TPSA) is 75.9 Å². The van der Waals surface area contributed by atoms with E-state index in [0.29, 0.717) is 11.8 Å². The lowest BCUT2D eigenvalue weighted by atomic mass is 9.55. The van der Waals surface area contributed by atoms with Gasteiger partial charge in [0, 0.05) is 56.5 Å². The van der Waals surface area contributed by atoms with E-state index in [-0.39, 0.29) is 34.0 Å². The van der Waals surface area contributed by atoms with Crippen LogP contribution >= 0.6 is 0 Å². The maximum Gasteiger partial charge on any atom is 0.310 e. The first-order valence-corrected chi connectivity index (χ1v) is 11.9. The van der Waals surface area contributed by atoms with E-state index in [9.17, 15) is 14.9 Å². The molecule has 172 valence electrons. The van der Waals surface area contributed by atoms with Crippen LogP contribution < -0.4 is 4.90 Å². The highest BCUT2D eigenvalue weighted by Crippen LogP contribution is 2.56. The SMILES string of the molecule is C=C1CCCC2(C)CC3OC(=O)C(CN4CCN(c5ccc([N+](=O)[O-])cc5)CC4)C3CC12. The summed E-state index contributed by atoms with van der Waals surface area (Å²) in [5.41, 5.74) is 2.75. The van der Waals surface area contributed by atoms with E-state index in [1.807, 2.05) is 12.1 Å². The van der Waals surface area contributed by atoms with Crippen LogP contribution in [0.2, 0.25) is 0 Å². The van der Waals surface area contributed by atoms with Crippen molar-refractivity contribution in [2.45, 2.75) is 45.1 Å². The Hall–Kier alpha value is -2.41. The predicted octanol–water partition coefficient (Wildman–Crippen LogP) is 4.03. The quantitative estimate of drug-likeness (QED) is 0.305. The maximum absolute atomic E-state index is 12.8. The summed E-state index contributed by atoms with van der Waals surface area (Å²) in [6.07, 6.45) is 5.64. The Balaban J connectivity index is 1.20. The number of nitro benzene ring substituents is 1. The second-order valence-corrected chi connectivity index (χ2v) is 10.5. The second kappa shape index (κ2) is 8.18. The minimum absolute atomic E-state index is 0.00865. The number of ether oxygens (including phenoxy) is 1. The number of piperazine rings is 1. The first-order chi connectivity index (χ1) is 15.3. The van der Waals surface area contributed by atoms with Crippen molar-refractivity contribution < 1.29 is 14.5 Å². The van der Waals surface area contributed by atoms with Crippen molar-refractivity contribution in [1.29, 1.82) is 0 Å². The van der Waals surface area contributed by atoms with Gasteiger partial charge in [-0.3, -0.25) is 19.8 Å². The Bertz CT molecular complexity index is 908. The molecule has 2 saturated heterocycles. The number of non-ortho nitro benzene ring substituents is 1. The summed E-state index contributed by atoms with van der Waals surface area (Å²) in [7, 11) is 0. The lowest BCUT2D eigenvalue weighted by molar-refractivity contribution is -0.384. The molecule has 2 heterocycles. The van der Waals surface area contributed by atoms with Crippen molar-refractivity contribution in [3.05, 3.63) is 46.5 Å². The highest BCUT2D eigenvalue weighted by molar-refractivity contribution is 5.75. The van der Waals surface area contributed by atoms with Gasteiger partial charge in [-0.2, -0.15) is 0 Å². The van der Waals surface area contributed by atoms with E-state index < -0.39 is 0 Å². The van der Waals surface area contributed by atoms with Crippen LogP contribution in [0.3, 0.4) is 0 Å². The first kappa shape index (κ1) is 21.4. The smallest absolute Gasteiger partial charge is 0.310 e. The Morgan fingerprint density at radius 1 is 1.22 bits per heavy atom. The number of nitro groups is 1. The van der Waals surface area contributed by atoms with Crippen LogP contribution in [0, 0.1) is 33.3 Å². The zero-order chi connectivity index (χ0) is 22.5. The largest absolute Gasteiger partial charge is 0.462 e. The van der Waals surface area contributed by atoms with Crippen LogP contribution in [0.5, 0.6) is 0 Å². The van der Waals surface area contributed by atoms with Crippen LogP contribution in [0.15, 0.2) is 36.4 Å². The minimum Gasteiger partial charge on any atom is -0.462 e. The molecule has 5 unspecified atom stereocenters. The number of carbonyl (C=O) groups excluding carboxylic acids is 1. The third-order valence-corrected chi connectivity index (χ3v) is 8.57. The Morgan fingerprint density at radius 2 is 1.94 bits per heavy atom. The van der Waals surface area contributed by atoms with Crippen LogP contribution in [0.25, 0.3) is 0 Å². The number of carbonyl (C=O) groups is 1. The summed E-state index contributed by atoms with van der Waals surface area (Å²) < 4.78 is 5.93. The highest BCUT2D eigenvalue weighted by Gasteiger charge is 2.55. The number of hydrogen-bond donors (Lipinski definition) is 0. The van der Waals surface area contributed by atoms with E-state index in [1.165, 1.54) is 18.4 Å². The summed E-state index contributed by atoms with van der Waals surface area (Å²) in [6.45, 7) is 11.0. The number of benzene rings is 1. The second-order valence-electron chi connectivity index (χ2n) is 10.5. The summed E-state index contributed by atoms with van der Waals surface area (Å²) >= 11 is 0. The van der Waals surface area contributed by atoms with E-state index in [4.69, 9.17) is 4.74 Å². The fourth-order valence-electron chi connectivity index (χ4n) is 6.72. The van der Waals surface area contributed by atoms with Crippen LogP contribution in [-0.4, -0.2) is 54.6 Å². The van der Waals surface area contributed by atoms with E-state index in [0.717, 1.165) is 57.7 Å². The fourth-order valence-corrected chi connectivity index (χ4v) is 6.72. The molecule has 0 N–H and O–H groups in total. The van der Waals surface area contributed by atoms with Crippen LogP contribution in [0.1, 0.15) is 39.0 Å². The van der Waals surface area contributed by atoms with Crippen LogP contribution in [0.4, 0.5) is 11.4 Å². The van der Waals surface area contributed by atoms with Gasteiger partial charge >= 0.3 is 5.97 Å². The standard InChI is InChI=1S/C25H33N3O4/c1-17-4-3-9-25(2)15-23-20(14-22(17)25)21(24(29)32-23)16-26-10-12-27(13-11-26)18-5-7-19(8-6-18)28(30)31/h5-8,20-23H,1,3-4,9-16H2,2H3. The van der Waals surface area contributed by atoms with Gasteiger partial charge in [-0.25, -0.2) is 0 Å². The van der Waals surface area contributed by atoms with Gasteiger partial charge in [-0.05, 0) is 55.6 Å². The minimum atomic E-state index is -0.369. The monoisotopic (exact) mass is 439 g/mol. The van der Waals surface area contributed by atoms with Gasteiger partial charge in [0.25, 0.3) is 5.69 Å². The number of rotatable bonds is 4. The molecule has 0 spiro atoms. The molecule has 7 nitrogen and oxygen atoms in total. The van der Waals surface area contributed by atoms with Gasteiger partial charge in [0.05, 0.1) is 10.8 Å².